The third-order valence-corrected chi connectivity index (χ3v) is 7.11. The number of rotatable bonds is 7. The van der Waals surface area contributed by atoms with Crippen molar-refractivity contribution in [2.24, 2.45) is 5.73 Å². The van der Waals surface area contributed by atoms with Gasteiger partial charge in [-0.1, -0.05) is 62.4 Å². The molecule has 3 N–H and O–H groups in total. The van der Waals surface area contributed by atoms with Crippen LogP contribution in [0.2, 0.25) is 0 Å². The molecular weight excluding hydrogens is 484 g/mol. The molecule has 2 amide bonds. The van der Waals surface area contributed by atoms with Crippen LogP contribution in [-0.4, -0.2) is 27.3 Å². The number of primary amides is 1. The van der Waals surface area contributed by atoms with Crippen LogP contribution in [0, 0.1) is 11.6 Å². The zero-order valence-electron chi connectivity index (χ0n) is 21.6. The lowest BCUT2D eigenvalue weighted by Gasteiger charge is -2.27. The van der Waals surface area contributed by atoms with Crippen molar-refractivity contribution in [2.75, 3.05) is 11.9 Å². The Bertz CT molecular complexity index is 1460. The molecule has 0 atom stereocenters. The van der Waals surface area contributed by atoms with E-state index < -0.39 is 17.7 Å². The lowest BCUT2D eigenvalue weighted by atomic mass is 9.98. The molecule has 1 aromatic heterocycles. The lowest BCUT2D eigenvalue weighted by Crippen LogP contribution is -2.30. The molecule has 1 aliphatic heterocycles. The van der Waals surface area contributed by atoms with Crippen LogP contribution >= 0.6 is 0 Å². The lowest BCUT2D eigenvalue weighted by molar-refractivity contribution is 0.245. The van der Waals surface area contributed by atoms with Gasteiger partial charge in [-0.3, -0.25) is 4.90 Å². The van der Waals surface area contributed by atoms with Crippen molar-refractivity contribution in [3.05, 3.63) is 100 Å². The fourth-order valence-electron chi connectivity index (χ4n) is 5.29. The van der Waals surface area contributed by atoms with Gasteiger partial charge in [-0.05, 0) is 35.6 Å². The number of carbonyl (C=O) groups excluding carboxylic acids is 1. The second-order valence-corrected chi connectivity index (χ2v) is 9.57. The van der Waals surface area contributed by atoms with Crippen LogP contribution in [0.5, 0.6) is 0 Å². The first-order chi connectivity index (χ1) is 18.4. The Morgan fingerprint density at radius 2 is 1.71 bits per heavy atom. The van der Waals surface area contributed by atoms with Crippen molar-refractivity contribution in [1.82, 2.24) is 14.7 Å². The highest BCUT2D eigenvalue weighted by Crippen LogP contribution is 2.38. The maximum atomic E-state index is 15.7. The number of nitrogens with zero attached hydrogens (tertiary/aromatic N) is 3. The van der Waals surface area contributed by atoms with Gasteiger partial charge in [0.2, 0.25) is 0 Å². The summed E-state index contributed by atoms with van der Waals surface area (Å²) in [4.78, 5) is 13.6. The highest BCUT2D eigenvalue weighted by atomic mass is 19.1. The number of nitrogens with two attached hydrogens (primary N) is 1. The van der Waals surface area contributed by atoms with E-state index in [0.29, 0.717) is 18.7 Å². The van der Waals surface area contributed by atoms with Crippen molar-refractivity contribution in [2.45, 2.75) is 46.2 Å². The van der Waals surface area contributed by atoms with Crippen molar-refractivity contribution in [3.8, 4) is 16.9 Å². The van der Waals surface area contributed by atoms with E-state index in [0.717, 1.165) is 66.1 Å². The average molecular weight is 516 g/mol. The Morgan fingerprint density at radius 1 is 1.00 bits per heavy atom. The number of amides is 2. The van der Waals surface area contributed by atoms with E-state index in [-0.39, 0.29) is 11.3 Å². The molecule has 5 rings (SSSR count). The number of aromatic nitrogens is 2. The van der Waals surface area contributed by atoms with E-state index in [2.05, 4.69) is 48.3 Å². The first-order valence-corrected chi connectivity index (χ1v) is 12.9. The smallest absolute Gasteiger partial charge is 0.316 e. The van der Waals surface area contributed by atoms with Crippen molar-refractivity contribution in [1.29, 1.82) is 0 Å². The normalized spacial score (nSPS) is 13.4. The van der Waals surface area contributed by atoms with Crippen molar-refractivity contribution < 1.29 is 13.6 Å². The molecule has 6 nitrogen and oxygen atoms in total. The van der Waals surface area contributed by atoms with Gasteiger partial charge in [0.05, 0.1) is 22.8 Å². The van der Waals surface area contributed by atoms with Gasteiger partial charge in [-0.25, -0.2) is 18.3 Å². The molecule has 8 heteroatoms. The summed E-state index contributed by atoms with van der Waals surface area (Å²) in [6.45, 7) is 6.26. The summed E-state index contributed by atoms with van der Waals surface area (Å²) in [5.41, 5.74) is 11.5. The SMILES string of the molecule is CCc1cccc(CC)c1-n1nc2c(c1-c1cc(F)c(NC(N)=O)cc1F)CN(Cc1ccccc1)CC2. The number of carbonyl (C=O) groups is 1. The van der Waals surface area contributed by atoms with Gasteiger partial charge in [0.1, 0.15) is 11.6 Å². The number of benzene rings is 3. The zero-order valence-corrected chi connectivity index (χ0v) is 21.6. The van der Waals surface area contributed by atoms with Gasteiger partial charge in [-0.2, -0.15) is 5.10 Å². The van der Waals surface area contributed by atoms with E-state index in [1.165, 1.54) is 5.56 Å². The van der Waals surface area contributed by atoms with E-state index >= 15 is 8.78 Å². The number of hydrogen-bond donors (Lipinski definition) is 2. The molecule has 0 unspecified atom stereocenters. The van der Waals surface area contributed by atoms with Gasteiger partial charge in [-0.15, -0.1) is 0 Å². The molecule has 0 saturated heterocycles. The third-order valence-electron chi connectivity index (χ3n) is 7.11. The average Bonchev–Trinajstić information content (AvgIpc) is 3.28. The fraction of sp³-hybridized carbons (Fsp3) is 0.267. The van der Waals surface area contributed by atoms with Gasteiger partial charge in [0.25, 0.3) is 0 Å². The topological polar surface area (TPSA) is 76.2 Å². The minimum Gasteiger partial charge on any atom is -0.351 e. The van der Waals surface area contributed by atoms with E-state index in [9.17, 15) is 4.79 Å². The zero-order chi connectivity index (χ0) is 26.8. The van der Waals surface area contributed by atoms with Crippen LogP contribution < -0.4 is 11.1 Å². The Kier molecular flexibility index (Phi) is 7.24. The summed E-state index contributed by atoms with van der Waals surface area (Å²) in [6.07, 6.45) is 2.24. The molecule has 0 bridgehead atoms. The molecule has 0 spiro atoms. The Balaban J connectivity index is 1.69. The number of urea groups is 1. The fourth-order valence-corrected chi connectivity index (χ4v) is 5.29. The largest absolute Gasteiger partial charge is 0.351 e. The van der Waals surface area contributed by atoms with Crippen molar-refractivity contribution in [3.63, 3.8) is 0 Å². The molecule has 0 fully saturated rings. The molecular formula is C30H31F2N5O. The minimum absolute atomic E-state index is 0.0980. The second kappa shape index (κ2) is 10.8. The molecule has 38 heavy (non-hydrogen) atoms. The molecule has 4 aromatic rings. The predicted molar refractivity (Wildman–Crippen MR) is 145 cm³/mol. The van der Waals surface area contributed by atoms with Crippen LogP contribution in [0.3, 0.4) is 0 Å². The van der Waals surface area contributed by atoms with Crippen LogP contribution in [0.25, 0.3) is 16.9 Å². The van der Waals surface area contributed by atoms with Crippen LogP contribution in [-0.2, 0) is 32.4 Å². The number of para-hydroxylation sites is 1. The maximum Gasteiger partial charge on any atom is 0.316 e. The number of fused-ring (bicyclic) bond motifs is 1. The van der Waals surface area contributed by atoms with Gasteiger partial charge in [0, 0.05) is 43.2 Å². The summed E-state index contributed by atoms with van der Waals surface area (Å²) in [7, 11) is 0. The van der Waals surface area contributed by atoms with Crippen molar-refractivity contribution >= 4 is 11.7 Å². The quantitative estimate of drug-likeness (QED) is 0.317. The van der Waals surface area contributed by atoms with Gasteiger partial charge < -0.3 is 11.1 Å². The monoisotopic (exact) mass is 515 g/mol. The van der Waals surface area contributed by atoms with E-state index in [1.807, 2.05) is 28.9 Å². The summed E-state index contributed by atoms with van der Waals surface area (Å²) in [6, 6.07) is 17.5. The molecule has 0 aliphatic carbocycles. The number of anilines is 1. The summed E-state index contributed by atoms with van der Waals surface area (Å²) >= 11 is 0. The summed E-state index contributed by atoms with van der Waals surface area (Å²) in [5.74, 6) is -1.43. The molecule has 0 radical (unpaired) electrons. The first kappa shape index (κ1) is 25.6. The Hall–Kier alpha value is -4.04. The number of nitrogens with one attached hydrogen (secondary N) is 1. The van der Waals surface area contributed by atoms with E-state index in [1.54, 1.807) is 0 Å². The predicted octanol–water partition coefficient (Wildman–Crippen LogP) is 5.99. The van der Waals surface area contributed by atoms with Gasteiger partial charge >= 0.3 is 6.03 Å². The maximum absolute atomic E-state index is 15.7. The second-order valence-electron chi connectivity index (χ2n) is 9.57. The summed E-state index contributed by atoms with van der Waals surface area (Å²) < 4.78 is 32.6. The molecule has 1 aliphatic rings. The van der Waals surface area contributed by atoms with Crippen LogP contribution in [0.1, 0.15) is 41.8 Å². The number of aryl methyl sites for hydroxylation is 2. The highest BCUT2D eigenvalue weighted by Gasteiger charge is 2.29. The van der Waals surface area contributed by atoms with Crippen LogP contribution in [0.4, 0.5) is 19.3 Å². The molecule has 196 valence electrons. The highest BCUT2D eigenvalue weighted by molar-refractivity contribution is 5.88. The number of halogens is 2. The molecule has 3 aromatic carbocycles. The molecule has 2 heterocycles. The molecule has 0 saturated carbocycles. The Labute approximate surface area is 221 Å². The van der Waals surface area contributed by atoms with E-state index in [4.69, 9.17) is 10.8 Å². The number of hydrogen-bond acceptors (Lipinski definition) is 3. The third kappa shape index (κ3) is 4.91. The standard InChI is InChI=1S/C30H31F2N5O/c1-3-20-11-8-12-21(4-2)28(20)37-29(22-15-25(32)27(16-24(22)31)34-30(33)38)23-18-36(14-13-26(23)35-37)17-19-9-6-5-7-10-19/h5-12,15-16H,3-4,13-14,17-18H2,1-2H3,(H3,33,34,38). The summed E-state index contributed by atoms with van der Waals surface area (Å²) in [5, 5.41) is 7.17. The Morgan fingerprint density at radius 3 is 2.37 bits per heavy atom. The first-order valence-electron chi connectivity index (χ1n) is 12.9. The van der Waals surface area contributed by atoms with Gasteiger partial charge in [0.15, 0.2) is 0 Å². The van der Waals surface area contributed by atoms with Crippen LogP contribution in [0.15, 0.2) is 60.7 Å². The minimum atomic E-state index is -0.959.